The first kappa shape index (κ1) is 19.1. The van der Waals surface area contributed by atoms with Crippen molar-refractivity contribution in [2.45, 2.75) is 24.2 Å². The van der Waals surface area contributed by atoms with Crippen molar-refractivity contribution in [3.05, 3.63) is 48.0 Å². The minimum atomic E-state index is -4.36. The Bertz CT molecular complexity index is 979. The number of rotatable bonds is 5. The fraction of sp³-hybridized carbons (Fsp3) is 0.278. The molecule has 0 radical (unpaired) electrons. The van der Waals surface area contributed by atoms with Crippen LogP contribution < -0.4 is 14.4 Å². The Hall–Kier alpha value is -2.68. The topological polar surface area (TPSA) is 75.7 Å². The van der Waals surface area contributed by atoms with Crippen LogP contribution in [0.25, 0.3) is 0 Å². The highest BCUT2D eigenvalue weighted by molar-refractivity contribution is 7.92. The molecule has 0 saturated carbocycles. The van der Waals surface area contributed by atoms with Gasteiger partial charge in [0.25, 0.3) is 10.0 Å². The van der Waals surface area contributed by atoms with Crippen LogP contribution >= 0.6 is 0 Å². The van der Waals surface area contributed by atoms with Crippen molar-refractivity contribution in [1.29, 1.82) is 0 Å². The van der Waals surface area contributed by atoms with Gasteiger partial charge in [-0.2, -0.15) is 0 Å². The van der Waals surface area contributed by atoms with Gasteiger partial charge in [-0.25, -0.2) is 17.2 Å². The van der Waals surface area contributed by atoms with Crippen molar-refractivity contribution in [3.63, 3.8) is 0 Å². The highest BCUT2D eigenvalue weighted by Crippen LogP contribution is 2.34. The summed E-state index contributed by atoms with van der Waals surface area (Å²) in [6.07, 6.45) is 2.01. The molecule has 27 heavy (non-hydrogen) atoms. The molecule has 2 aromatic carbocycles. The van der Waals surface area contributed by atoms with Gasteiger partial charge in [-0.15, -0.1) is 0 Å². The molecule has 0 bridgehead atoms. The lowest BCUT2D eigenvalue weighted by Gasteiger charge is -2.28. The molecule has 0 aromatic heterocycles. The average molecular weight is 396 g/mol. The molecular weight excluding hydrogens is 378 g/mol. The van der Waals surface area contributed by atoms with Crippen molar-refractivity contribution in [2.24, 2.45) is 0 Å². The molecule has 0 spiro atoms. The smallest absolute Gasteiger partial charge is 0.264 e. The van der Waals surface area contributed by atoms with E-state index in [1.54, 1.807) is 0 Å². The molecule has 3 rings (SSSR count). The van der Waals surface area contributed by atoms with Gasteiger partial charge in [0.2, 0.25) is 5.91 Å². The van der Waals surface area contributed by atoms with Gasteiger partial charge in [0, 0.05) is 13.0 Å². The average Bonchev–Trinajstić information content (AvgIpc) is 2.63. The van der Waals surface area contributed by atoms with Crippen LogP contribution in [-0.4, -0.2) is 28.0 Å². The zero-order valence-corrected chi connectivity index (χ0v) is 15.4. The summed E-state index contributed by atoms with van der Waals surface area (Å²) < 4.78 is 59.6. The summed E-state index contributed by atoms with van der Waals surface area (Å²) in [6, 6.07) is 6.56. The number of piperidine rings is 1. The molecule has 1 N–H and O–H groups in total. The van der Waals surface area contributed by atoms with E-state index in [1.807, 2.05) is 0 Å². The van der Waals surface area contributed by atoms with Gasteiger partial charge in [0.05, 0.1) is 18.5 Å². The first-order chi connectivity index (χ1) is 12.8. The van der Waals surface area contributed by atoms with Crippen molar-refractivity contribution in [1.82, 2.24) is 0 Å². The number of anilines is 2. The molecule has 0 atom stereocenters. The molecule has 2 aromatic rings. The van der Waals surface area contributed by atoms with Crippen LogP contribution in [0, 0.1) is 11.6 Å². The molecular formula is C18H18F2N2O4S. The fourth-order valence-corrected chi connectivity index (χ4v) is 4.06. The van der Waals surface area contributed by atoms with Gasteiger partial charge in [-0.3, -0.25) is 9.52 Å². The second-order valence-corrected chi connectivity index (χ2v) is 7.72. The van der Waals surface area contributed by atoms with Crippen molar-refractivity contribution < 1.29 is 26.7 Å². The van der Waals surface area contributed by atoms with Crippen LogP contribution in [-0.2, 0) is 14.8 Å². The Morgan fingerprint density at radius 3 is 2.59 bits per heavy atom. The van der Waals surface area contributed by atoms with E-state index in [1.165, 1.54) is 30.2 Å². The Balaban J connectivity index is 1.96. The standard InChI is InChI=1S/C18H18F2N2O4S/c1-26-16-8-6-13(11-15(16)22-9-3-2-4-18(22)23)21-27(24,25)17-10-12(19)5-7-14(17)20/h5-8,10-11,21H,2-4,9H2,1H3. The van der Waals surface area contributed by atoms with Crippen LogP contribution in [0.5, 0.6) is 5.75 Å². The second kappa shape index (κ2) is 7.51. The predicted octanol–water partition coefficient (Wildman–Crippen LogP) is 3.29. The number of halogens is 2. The summed E-state index contributed by atoms with van der Waals surface area (Å²) in [7, 11) is -2.91. The number of carbonyl (C=O) groups is 1. The maximum Gasteiger partial charge on any atom is 0.264 e. The number of sulfonamides is 1. The predicted molar refractivity (Wildman–Crippen MR) is 96.4 cm³/mol. The van der Waals surface area contributed by atoms with Gasteiger partial charge in [0.15, 0.2) is 0 Å². The monoisotopic (exact) mass is 396 g/mol. The molecule has 1 heterocycles. The minimum absolute atomic E-state index is 0.0873. The number of amides is 1. The lowest BCUT2D eigenvalue weighted by Crippen LogP contribution is -2.35. The van der Waals surface area contributed by atoms with E-state index in [9.17, 15) is 22.0 Å². The summed E-state index contributed by atoms with van der Waals surface area (Å²) in [4.78, 5) is 12.9. The number of ether oxygens (including phenoxy) is 1. The molecule has 1 aliphatic heterocycles. The number of nitrogens with zero attached hydrogens (tertiary/aromatic N) is 1. The third kappa shape index (κ3) is 4.02. The third-order valence-corrected chi connectivity index (χ3v) is 5.62. The van der Waals surface area contributed by atoms with Crippen molar-refractivity contribution in [3.8, 4) is 5.75 Å². The van der Waals surface area contributed by atoms with Gasteiger partial charge >= 0.3 is 0 Å². The van der Waals surface area contributed by atoms with E-state index in [-0.39, 0.29) is 11.6 Å². The van der Waals surface area contributed by atoms with Crippen molar-refractivity contribution in [2.75, 3.05) is 23.3 Å². The van der Waals surface area contributed by atoms with Gasteiger partial charge in [-0.1, -0.05) is 0 Å². The van der Waals surface area contributed by atoms with Crippen LogP contribution in [0.3, 0.4) is 0 Å². The molecule has 0 unspecified atom stereocenters. The normalized spacial score (nSPS) is 14.9. The Morgan fingerprint density at radius 1 is 1.11 bits per heavy atom. The summed E-state index contributed by atoms with van der Waals surface area (Å²) in [6.45, 7) is 0.490. The molecule has 0 aliphatic carbocycles. The maximum absolute atomic E-state index is 13.8. The highest BCUT2D eigenvalue weighted by Gasteiger charge is 2.25. The van der Waals surface area contributed by atoms with E-state index in [0.29, 0.717) is 30.5 Å². The first-order valence-electron chi connectivity index (χ1n) is 8.28. The number of methoxy groups -OCH3 is 1. The SMILES string of the molecule is COc1ccc(NS(=O)(=O)c2cc(F)ccc2F)cc1N1CCCCC1=O. The van der Waals surface area contributed by atoms with Crippen LogP contribution in [0.1, 0.15) is 19.3 Å². The number of hydrogen-bond acceptors (Lipinski definition) is 4. The molecule has 1 amide bonds. The second-order valence-electron chi connectivity index (χ2n) is 6.07. The van der Waals surface area contributed by atoms with Crippen LogP contribution in [0.2, 0.25) is 0 Å². The number of hydrogen-bond donors (Lipinski definition) is 1. The van der Waals surface area contributed by atoms with E-state index in [0.717, 1.165) is 25.0 Å². The highest BCUT2D eigenvalue weighted by atomic mass is 32.2. The zero-order valence-electron chi connectivity index (χ0n) is 14.5. The Labute approximate surface area is 155 Å². The van der Waals surface area contributed by atoms with Gasteiger partial charge < -0.3 is 9.64 Å². The summed E-state index contributed by atoms with van der Waals surface area (Å²) in [5, 5.41) is 0. The van der Waals surface area contributed by atoms with Gasteiger partial charge in [0.1, 0.15) is 22.3 Å². The largest absolute Gasteiger partial charge is 0.495 e. The number of benzene rings is 2. The van der Waals surface area contributed by atoms with Crippen LogP contribution in [0.15, 0.2) is 41.3 Å². The Morgan fingerprint density at radius 2 is 1.89 bits per heavy atom. The third-order valence-electron chi connectivity index (χ3n) is 4.23. The number of carbonyl (C=O) groups excluding carboxylic acids is 1. The zero-order chi connectivity index (χ0) is 19.6. The van der Waals surface area contributed by atoms with E-state index in [2.05, 4.69) is 4.72 Å². The summed E-state index contributed by atoms with van der Waals surface area (Å²) in [5.74, 6) is -1.61. The fourth-order valence-electron chi connectivity index (χ4n) is 2.92. The molecule has 1 saturated heterocycles. The lowest BCUT2D eigenvalue weighted by molar-refractivity contribution is -0.119. The van der Waals surface area contributed by atoms with Gasteiger partial charge in [-0.05, 0) is 49.2 Å². The Kier molecular flexibility index (Phi) is 5.31. The van der Waals surface area contributed by atoms with E-state index in [4.69, 9.17) is 4.74 Å². The minimum Gasteiger partial charge on any atom is -0.495 e. The maximum atomic E-state index is 13.8. The molecule has 1 fully saturated rings. The number of nitrogens with one attached hydrogen (secondary N) is 1. The van der Waals surface area contributed by atoms with E-state index < -0.39 is 26.6 Å². The van der Waals surface area contributed by atoms with Crippen LogP contribution in [0.4, 0.5) is 20.2 Å². The quantitative estimate of drug-likeness (QED) is 0.842. The van der Waals surface area contributed by atoms with E-state index >= 15 is 0 Å². The summed E-state index contributed by atoms with van der Waals surface area (Å²) >= 11 is 0. The van der Waals surface area contributed by atoms with Crippen molar-refractivity contribution >= 4 is 27.3 Å². The molecule has 6 nitrogen and oxygen atoms in total. The molecule has 144 valence electrons. The molecule has 9 heteroatoms. The first-order valence-corrected chi connectivity index (χ1v) is 9.76. The molecule has 1 aliphatic rings. The summed E-state index contributed by atoms with van der Waals surface area (Å²) in [5.41, 5.74) is 0.523. The lowest BCUT2D eigenvalue weighted by atomic mass is 10.1.